The Bertz CT molecular complexity index is 198. The van der Waals surface area contributed by atoms with Gasteiger partial charge in [-0.3, -0.25) is 4.79 Å². The lowest BCUT2D eigenvalue weighted by Gasteiger charge is -2.27. The lowest BCUT2D eigenvalue weighted by atomic mass is 9.93. The zero-order valence-electron chi connectivity index (χ0n) is 8.97. The number of carbonyl (C=O) groups is 1. The van der Waals surface area contributed by atoms with Crippen molar-refractivity contribution in [1.82, 2.24) is 10.6 Å². The second-order valence-electron chi connectivity index (χ2n) is 4.59. The van der Waals surface area contributed by atoms with Crippen molar-refractivity contribution >= 4 is 5.97 Å². The minimum atomic E-state index is -0.737. The summed E-state index contributed by atoms with van der Waals surface area (Å²) in [4.78, 5) is 10.8. The van der Waals surface area contributed by atoms with Gasteiger partial charge >= 0.3 is 5.97 Å². The molecule has 0 amide bonds. The molecule has 0 aromatic rings. The van der Waals surface area contributed by atoms with Crippen LogP contribution in [0.15, 0.2) is 0 Å². The Morgan fingerprint density at radius 1 is 1.50 bits per heavy atom. The maximum atomic E-state index is 10.8. The molecular formula is C10H20N2O2. The van der Waals surface area contributed by atoms with Crippen molar-refractivity contribution in [2.24, 2.45) is 5.41 Å². The van der Waals surface area contributed by atoms with Crippen molar-refractivity contribution in [3.63, 3.8) is 0 Å². The highest BCUT2D eigenvalue weighted by atomic mass is 16.4. The molecule has 1 aliphatic rings. The highest BCUT2D eigenvalue weighted by Gasteiger charge is 2.27. The van der Waals surface area contributed by atoms with Gasteiger partial charge in [0, 0.05) is 12.6 Å². The number of aliphatic carboxylic acids is 1. The molecule has 0 aliphatic carbocycles. The van der Waals surface area contributed by atoms with E-state index in [0.717, 1.165) is 25.9 Å². The summed E-state index contributed by atoms with van der Waals surface area (Å²) in [5.41, 5.74) is -0.662. The fourth-order valence-corrected chi connectivity index (χ4v) is 1.50. The van der Waals surface area contributed by atoms with Gasteiger partial charge < -0.3 is 15.7 Å². The highest BCUT2D eigenvalue weighted by molar-refractivity contribution is 5.73. The van der Waals surface area contributed by atoms with Gasteiger partial charge in [-0.1, -0.05) is 0 Å². The first kappa shape index (κ1) is 11.5. The van der Waals surface area contributed by atoms with Gasteiger partial charge in [-0.25, -0.2) is 0 Å². The average molecular weight is 200 g/mol. The standard InChI is InChI=1S/C10H20N2O2/c1-10(2,9(13)14)7-12-8-3-5-11-6-4-8/h8,11-12H,3-7H2,1-2H3,(H,13,14). The smallest absolute Gasteiger partial charge is 0.310 e. The molecule has 0 unspecified atom stereocenters. The van der Waals surface area contributed by atoms with Crippen LogP contribution in [0.5, 0.6) is 0 Å². The Balaban J connectivity index is 2.28. The fraction of sp³-hybridized carbons (Fsp3) is 0.900. The molecular weight excluding hydrogens is 180 g/mol. The highest BCUT2D eigenvalue weighted by Crippen LogP contribution is 2.14. The Morgan fingerprint density at radius 3 is 2.57 bits per heavy atom. The van der Waals surface area contributed by atoms with E-state index < -0.39 is 11.4 Å². The Kier molecular flexibility index (Phi) is 3.89. The minimum absolute atomic E-state index is 0.481. The van der Waals surface area contributed by atoms with E-state index in [1.54, 1.807) is 13.8 Å². The van der Waals surface area contributed by atoms with Crippen LogP contribution < -0.4 is 10.6 Å². The lowest BCUT2D eigenvalue weighted by molar-refractivity contribution is -0.146. The monoisotopic (exact) mass is 200 g/mol. The molecule has 1 heterocycles. The quantitative estimate of drug-likeness (QED) is 0.616. The largest absolute Gasteiger partial charge is 0.481 e. The predicted molar refractivity (Wildman–Crippen MR) is 55.3 cm³/mol. The molecule has 4 heteroatoms. The van der Waals surface area contributed by atoms with Crippen LogP contribution in [-0.4, -0.2) is 36.8 Å². The first-order chi connectivity index (χ1) is 6.52. The van der Waals surface area contributed by atoms with Gasteiger partial charge in [0.2, 0.25) is 0 Å². The third kappa shape index (κ3) is 3.27. The molecule has 1 rings (SSSR count). The average Bonchev–Trinajstić information content (AvgIpc) is 2.16. The summed E-state index contributed by atoms with van der Waals surface area (Å²) in [6.07, 6.45) is 2.19. The van der Waals surface area contributed by atoms with Gasteiger partial charge in [0.1, 0.15) is 0 Å². The normalized spacial score (nSPS) is 19.6. The van der Waals surface area contributed by atoms with E-state index in [1.807, 2.05) is 0 Å². The molecule has 0 spiro atoms. The molecule has 1 aliphatic heterocycles. The molecule has 0 radical (unpaired) electrons. The van der Waals surface area contributed by atoms with Crippen LogP contribution in [0.25, 0.3) is 0 Å². The van der Waals surface area contributed by atoms with E-state index in [0.29, 0.717) is 12.6 Å². The van der Waals surface area contributed by atoms with Crippen molar-refractivity contribution in [2.75, 3.05) is 19.6 Å². The van der Waals surface area contributed by atoms with Gasteiger partial charge in [-0.2, -0.15) is 0 Å². The molecule has 14 heavy (non-hydrogen) atoms. The minimum Gasteiger partial charge on any atom is -0.481 e. The Morgan fingerprint density at radius 2 is 2.07 bits per heavy atom. The number of hydrogen-bond acceptors (Lipinski definition) is 3. The molecule has 0 saturated carbocycles. The summed E-state index contributed by atoms with van der Waals surface area (Å²) in [5.74, 6) is -0.737. The van der Waals surface area contributed by atoms with E-state index in [9.17, 15) is 4.79 Å². The fourth-order valence-electron chi connectivity index (χ4n) is 1.50. The number of hydrogen-bond donors (Lipinski definition) is 3. The molecule has 3 N–H and O–H groups in total. The Labute approximate surface area is 85.1 Å². The van der Waals surface area contributed by atoms with Gasteiger partial charge in [0.05, 0.1) is 5.41 Å². The molecule has 0 aromatic carbocycles. The van der Waals surface area contributed by atoms with Gasteiger partial charge in [-0.05, 0) is 39.8 Å². The number of carboxylic acids is 1. The van der Waals surface area contributed by atoms with Crippen LogP contribution in [0.1, 0.15) is 26.7 Å². The number of carboxylic acid groups (broad SMARTS) is 1. The van der Waals surface area contributed by atoms with Gasteiger partial charge in [0.15, 0.2) is 0 Å². The van der Waals surface area contributed by atoms with E-state index in [2.05, 4.69) is 10.6 Å². The predicted octanol–water partition coefficient (Wildman–Crippen LogP) is 0.439. The van der Waals surface area contributed by atoms with Crippen molar-refractivity contribution in [3.8, 4) is 0 Å². The summed E-state index contributed by atoms with van der Waals surface area (Å²) >= 11 is 0. The van der Waals surface area contributed by atoms with Gasteiger partial charge in [-0.15, -0.1) is 0 Å². The molecule has 1 saturated heterocycles. The summed E-state index contributed by atoms with van der Waals surface area (Å²) in [6.45, 7) is 6.12. The van der Waals surface area contributed by atoms with E-state index in [4.69, 9.17) is 5.11 Å². The third-order valence-corrected chi connectivity index (χ3v) is 2.75. The zero-order chi connectivity index (χ0) is 10.6. The van der Waals surface area contributed by atoms with E-state index in [1.165, 1.54) is 0 Å². The van der Waals surface area contributed by atoms with Crippen LogP contribution in [0.2, 0.25) is 0 Å². The summed E-state index contributed by atoms with van der Waals surface area (Å²) in [6, 6.07) is 0.481. The second-order valence-corrected chi connectivity index (χ2v) is 4.59. The summed E-state index contributed by atoms with van der Waals surface area (Å²) in [5, 5.41) is 15.5. The molecule has 0 atom stereocenters. The molecule has 1 fully saturated rings. The third-order valence-electron chi connectivity index (χ3n) is 2.75. The zero-order valence-corrected chi connectivity index (χ0v) is 8.97. The van der Waals surface area contributed by atoms with Crippen molar-refractivity contribution in [3.05, 3.63) is 0 Å². The van der Waals surface area contributed by atoms with Crippen LogP contribution in [0.3, 0.4) is 0 Å². The SMILES string of the molecule is CC(C)(CNC1CCNCC1)C(=O)O. The van der Waals surface area contributed by atoms with E-state index in [-0.39, 0.29) is 0 Å². The molecule has 82 valence electrons. The summed E-state index contributed by atoms with van der Waals surface area (Å²) in [7, 11) is 0. The van der Waals surface area contributed by atoms with Gasteiger partial charge in [0.25, 0.3) is 0 Å². The van der Waals surface area contributed by atoms with Crippen LogP contribution in [0, 0.1) is 5.41 Å². The maximum absolute atomic E-state index is 10.8. The second kappa shape index (κ2) is 4.75. The van der Waals surface area contributed by atoms with E-state index >= 15 is 0 Å². The number of rotatable bonds is 4. The van der Waals surface area contributed by atoms with Crippen molar-refractivity contribution in [2.45, 2.75) is 32.7 Å². The van der Waals surface area contributed by atoms with Crippen LogP contribution in [0.4, 0.5) is 0 Å². The molecule has 0 aromatic heterocycles. The van der Waals surface area contributed by atoms with Crippen molar-refractivity contribution < 1.29 is 9.90 Å². The van der Waals surface area contributed by atoms with Crippen LogP contribution in [-0.2, 0) is 4.79 Å². The van der Waals surface area contributed by atoms with Crippen LogP contribution >= 0.6 is 0 Å². The first-order valence-corrected chi connectivity index (χ1v) is 5.20. The van der Waals surface area contributed by atoms with Crippen molar-refractivity contribution in [1.29, 1.82) is 0 Å². The summed E-state index contributed by atoms with van der Waals surface area (Å²) < 4.78 is 0. The number of nitrogens with one attached hydrogen (secondary N) is 2. The Hall–Kier alpha value is -0.610. The first-order valence-electron chi connectivity index (χ1n) is 5.20. The lowest BCUT2D eigenvalue weighted by Crippen LogP contribution is -2.45. The topological polar surface area (TPSA) is 61.4 Å². The molecule has 0 bridgehead atoms. The molecule has 4 nitrogen and oxygen atoms in total. The maximum Gasteiger partial charge on any atom is 0.310 e. The number of piperidine rings is 1.